The third-order valence-electron chi connectivity index (χ3n) is 3.60. The van der Waals surface area contributed by atoms with Crippen LogP contribution in [0.25, 0.3) is 0 Å². The van der Waals surface area contributed by atoms with Gasteiger partial charge in [-0.3, -0.25) is 14.6 Å². The summed E-state index contributed by atoms with van der Waals surface area (Å²) in [6, 6.07) is 8.84. The molecule has 0 unspecified atom stereocenters. The molecule has 2 amide bonds. The first-order chi connectivity index (χ1) is 11.2. The van der Waals surface area contributed by atoms with Gasteiger partial charge < -0.3 is 10.6 Å². The van der Waals surface area contributed by atoms with Crippen LogP contribution in [0.3, 0.4) is 0 Å². The fourth-order valence-corrected chi connectivity index (χ4v) is 2.18. The Morgan fingerprint density at radius 1 is 1.04 bits per heavy atom. The van der Waals surface area contributed by atoms with Crippen LogP contribution >= 0.6 is 0 Å². The molecule has 0 aliphatic heterocycles. The lowest BCUT2D eigenvalue weighted by atomic mass is 10.1. The van der Waals surface area contributed by atoms with Gasteiger partial charge in [-0.2, -0.15) is 0 Å². The molecule has 1 aromatic heterocycles. The van der Waals surface area contributed by atoms with Gasteiger partial charge >= 0.3 is 0 Å². The number of nitrogens with one attached hydrogen (secondary N) is 2. The van der Waals surface area contributed by atoms with Gasteiger partial charge in [-0.25, -0.2) is 0 Å². The summed E-state index contributed by atoms with van der Waals surface area (Å²) in [5.74, 6) is -0.570. The number of anilines is 1. The number of carbonyl (C=O) groups is 2. The fourth-order valence-electron chi connectivity index (χ4n) is 2.18. The third-order valence-corrected chi connectivity index (χ3v) is 3.60. The summed E-state index contributed by atoms with van der Waals surface area (Å²) in [6.45, 7) is 9.62. The number of carbonyl (C=O) groups excluding carboxylic acids is 2. The summed E-state index contributed by atoms with van der Waals surface area (Å²) >= 11 is 0. The monoisotopic (exact) mass is 325 g/mol. The number of benzene rings is 1. The number of pyridine rings is 1. The molecule has 5 heteroatoms. The molecular formula is C19H23N3O2. The van der Waals surface area contributed by atoms with Crippen molar-refractivity contribution in [1.29, 1.82) is 0 Å². The minimum Gasteiger partial charge on any atom is -0.346 e. The molecule has 0 aliphatic rings. The van der Waals surface area contributed by atoms with Crippen LogP contribution < -0.4 is 10.6 Å². The van der Waals surface area contributed by atoms with Crippen LogP contribution in [0.5, 0.6) is 0 Å². The van der Waals surface area contributed by atoms with Gasteiger partial charge in [0.25, 0.3) is 11.8 Å². The lowest BCUT2D eigenvalue weighted by Gasteiger charge is -2.20. The highest BCUT2D eigenvalue weighted by Gasteiger charge is 2.18. The second-order valence-electron chi connectivity index (χ2n) is 6.84. The highest BCUT2D eigenvalue weighted by atomic mass is 16.2. The van der Waals surface area contributed by atoms with E-state index >= 15 is 0 Å². The lowest BCUT2D eigenvalue weighted by Crippen LogP contribution is -2.41. The van der Waals surface area contributed by atoms with Crippen molar-refractivity contribution >= 4 is 17.5 Å². The number of amides is 2. The van der Waals surface area contributed by atoms with Crippen molar-refractivity contribution in [3.63, 3.8) is 0 Å². The number of aromatic nitrogens is 1. The zero-order valence-electron chi connectivity index (χ0n) is 14.7. The Kier molecular flexibility index (Phi) is 5.02. The van der Waals surface area contributed by atoms with E-state index < -0.39 is 0 Å². The van der Waals surface area contributed by atoms with Gasteiger partial charge in [-0.1, -0.05) is 12.1 Å². The molecular weight excluding hydrogens is 302 g/mol. The third kappa shape index (κ3) is 4.41. The van der Waals surface area contributed by atoms with Crippen molar-refractivity contribution < 1.29 is 9.59 Å². The Labute approximate surface area is 142 Å². The van der Waals surface area contributed by atoms with E-state index in [9.17, 15) is 9.59 Å². The molecule has 2 N–H and O–H groups in total. The van der Waals surface area contributed by atoms with E-state index in [0.717, 1.165) is 16.8 Å². The highest BCUT2D eigenvalue weighted by Crippen LogP contribution is 2.19. The first-order valence-electron chi connectivity index (χ1n) is 7.83. The fraction of sp³-hybridized carbons (Fsp3) is 0.316. The van der Waals surface area contributed by atoms with Gasteiger partial charge in [0.15, 0.2) is 0 Å². The maximum atomic E-state index is 12.5. The second-order valence-corrected chi connectivity index (χ2v) is 6.84. The summed E-state index contributed by atoms with van der Waals surface area (Å²) in [5, 5.41) is 5.72. The summed E-state index contributed by atoms with van der Waals surface area (Å²) in [5.41, 5.74) is 3.13. The molecule has 0 bridgehead atoms. The van der Waals surface area contributed by atoms with E-state index in [4.69, 9.17) is 0 Å². The molecule has 24 heavy (non-hydrogen) atoms. The molecule has 0 saturated heterocycles. The van der Waals surface area contributed by atoms with Gasteiger partial charge in [-0.15, -0.1) is 0 Å². The summed E-state index contributed by atoms with van der Waals surface area (Å²) in [7, 11) is 0. The van der Waals surface area contributed by atoms with E-state index in [2.05, 4.69) is 15.6 Å². The standard InChI is InChI=1S/C19H23N3O2/c1-12-7-6-8-15(13(12)2)21-17(23)14-9-10-20-16(11-14)18(24)22-19(3,4)5/h6-11H,1-5H3,(H,21,23)(H,22,24). The maximum absolute atomic E-state index is 12.5. The number of hydrogen-bond donors (Lipinski definition) is 2. The van der Waals surface area contributed by atoms with E-state index in [0.29, 0.717) is 5.56 Å². The molecule has 0 spiro atoms. The number of hydrogen-bond acceptors (Lipinski definition) is 3. The SMILES string of the molecule is Cc1cccc(NC(=O)c2ccnc(C(=O)NC(C)(C)C)c2)c1C. The Balaban J connectivity index is 2.20. The molecule has 0 radical (unpaired) electrons. The Hall–Kier alpha value is -2.69. The zero-order valence-corrected chi connectivity index (χ0v) is 14.7. The van der Waals surface area contributed by atoms with Crippen LogP contribution in [0.15, 0.2) is 36.5 Å². The van der Waals surface area contributed by atoms with Crippen LogP contribution in [0.1, 0.15) is 52.7 Å². The van der Waals surface area contributed by atoms with E-state index in [1.807, 2.05) is 52.8 Å². The van der Waals surface area contributed by atoms with Crippen molar-refractivity contribution in [1.82, 2.24) is 10.3 Å². The topological polar surface area (TPSA) is 71.1 Å². The maximum Gasteiger partial charge on any atom is 0.270 e. The predicted molar refractivity (Wildman–Crippen MR) is 95.3 cm³/mol. The molecule has 1 aromatic carbocycles. The number of rotatable bonds is 3. The van der Waals surface area contributed by atoms with Crippen LogP contribution in [-0.2, 0) is 0 Å². The van der Waals surface area contributed by atoms with Gasteiger partial charge in [0.2, 0.25) is 0 Å². The summed E-state index contributed by atoms with van der Waals surface area (Å²) in [6.07, 6.45) is 1.47. The van der Waals surface area contributed by atoms with Crippen molar-refractivity contribution in [2.24, 2.45) is 0 Å². The molecule has 2 aromatic rings. The van der Waals surface area contributed by atoms with Crippen LogP contribution in [0.2, 0.25) is 0 Å². The molecule has 0 saturated carbocycles. The molecule has 2 rings (SSSR count). The van der Waals surface area contributed by atoms with Crippen LogP contribution in [-0.4, -0.2) is 22.3 Å². The lowest BCUT2D eigenvalue weighted by molar-refractivity contribution is 0.0914. The quantitative estimate of drug-likeness (QED) is 0.907. The molecule has 0 fully saturated rings. The molecule has 0 atom stereocenters. The molecule has 5 nitrogen and oxygen atoms in total. The average molecular weight is 325 g/mol. The molecule has 1 heterocycles. The Morgan fingerprint density at radius 2 is 1.75 bits per heavy atom. The first-order valence-corrected chi connectivity index (χ1v) is 7.83. The van der Waals surface area contributed by atoms with E-state index in [1.54, 1.807) is 6.07 Å². The Morgan fingerprint density at radius 3 is 2.42 bits per heavy atom. The van der Waals surface area contributed by atoms with Crippen LogP contribution in [0.4, 0.5) is 5.69 Å². The van der Waals surface area contributed by atoms with Gasteiger partial charge in [0.1, 0.15) is 5.69 Å². The largest absolute Gasteiger partial charge is 0.346 e. The molecule has 126 valence electrons. The highest BCUT2D eigenvalue weighted by molar-refractivity contribution is 6.06. The number of aryl methyl sites for hydroxylation is 1. The summed E-state index contributed by atoms with van der Waals surface area (Å²) in [4.78, 5) is 28.7. The van der Waals surface area contributed by atoms with Gasteiger partial charge in [0, 0.05) is 23.0 Å². The van der Waals surface area contributed by atoms with E-state index in [1.165, 1.54) is 12.3 Å². The molecule has 0 aliphatic carbocycles. The normalized spacial score (nSPS) is 11.0. The smallest absolute Gasteiger partial charge is 0.270 e. The van der Waals surface area contributed by atoms with Gasteiger partial charge in [-0.05, 0) is 63.9 Å². The van der Waals surface area contributed by atoms with Gasteiger partial charge in [0.05, 0.1) is 0 Å². The van der Waals surface area contributed by atoms with Crippen molar-refractivity contribution in [2.75, 3.05) is 5.32 Å². The average Bonchev–Trinajstić information content (AvgIpc) is 2.50. The van der Waals surface area contributed by atoms with Crippen molar-refractivity contribution in [2.45, 2.75) is 40.2 Å². The number of nitrogens with zero attached hydrogens (tertiary/aromatic N) is 1. The van der Waals surface area contributed by atoms with Crippen molar-refractivity contribution in [3.8, 4) is 0 Å². The predicted octanol–water partition coefficient (Wildman–Crippen LogP) is 3.48. The Bertz CT molecular complexity index is 776. The summed E-state index contributed by atoms with van der Waals surface area (Å²) < 4.78 is 0. The zero-order chi connectivity index (χ0) is 17.9. The van der Waals surface area contributed by atoms with E-state index in [-0.39, 0.29) is 23.0 Å². The second kappa shape index (κ2) is 6.83. The van der Waals surface area contributed by atoms with Crippen molar-refractivity contribution in [3.05, 3.63) is 58.9 Å². The first kappa shape index (κ1) is 17.7. The minimum atomic E-state index is -0.365. The minimum absolute atomic E-state index is 0.221. The van der Waals surface area contributed by atoms with Crippen LogP contribution in [0, 0.1) is 13.8 Å².